The number of halogens is 1. The van der Waals surface area contributed by atoms with Crippen LogP contribution < -0.4 is 15.2 Å². The van der Waals surface area contributed by atoms with Gasteiger partial charge >= 0.3 is 0 Å². The van der Waals surface area contributed by atoms with E-state index in [1.165, 1.54) is 0 Å². The summed E-state index contributed by atoms with van der Waals surface area (Å²) in [5, 5.41) is 16.5. The van der Waals surface area contributed by atoms with Crippen molar-refractivity contribution in [3.05, 3.63) is 123 Å². The van der Waals surface area contributed by atoms with Gasteiger partial charge in [-0.15, -0.1) is 0 Å². The number of allylic oxidation sites excluding steroid dienone is 1. The zero-order valence-electron chi connectivity index (χ0n) is 30.8. The van der Waals surface area contributed by atoms with E-state index >= 15 is 14.0 Å². The Kier molecular flexibility index (Phi) is 8.55. The highest BCUT2D eigenvalue weighted by Crippen LogP contribution is 2.59. The standard InChI is InChI=1S/C42H45FN2O7Si/c1-41(2,3)53(4,5)52-42-29(34(44)37-32(39(42)48)40(45-51-37)50-22-24-15-10-7-11-16-24)20-25-19-28-31(35(46)30(25)38(42)47)36(27-18-12-17-26(27)33(28)43)49-21-23-13-8-6-9-14-23/h6-11,13-16,25,29,34,47H,12,17-22,44H2,1-5H3/t25-,29-,34-,42-/m0/s1. The number of hydrogen-bond donors (Lipinski definition) is 2. The highest BCUT2D eigenvalue weighted by Gasteiger charge is 2.66. The predicted octanol–water partition coefficient (Wildman–Crippen LogP) is 8.30. The number of benzene rings is 3. The van der Waals surface area contributed by atoms with Crippen molar-refractivity contribution in [2.24, 2.45) is 17.6 Å². The van der Waals surface area contributed by atoms with Crippen molar-refractivity contribution in [3.63, 3.8) is 0 Å². The van der Waals surface area contributed by atoms with E-state index in [1.54, 1.807) is 0 Å². The largest absolute Gasteiger partial charge is 0.508 e. The second-order valence-corrected chi connectivity index (χ2v) is 21.1. The lowest BCUT2D eigenvalue weighted by Crippen LogP contribution is -2.64. The van der Waals surface area contributed by atoms with Gasteiger partial charge in [-0.25, -0.2) is 4.39 Å². The summed E-state index contributed by atoms with van der Waals surface area (Å²) in [6, 6.07) is 18.1. The van der Waals surface area contributed by atoms with Crippen LogP contribution in [0.3, 0.4) is 0 Å². The van der Waals surface area contributed by atoms with Crippen LogP contribution in [0.2, 0.25) is 18.1 Å². The minimum Gasteiger partial charge on any atom is -0.508 e. The fourth-order valence-corrected chi connectivity index (χ4v) is 9.93. The lowest BCUT2D eigenvalue weighted by molar-refractivity contribution is -0.0273. The van der Waals surface area contributed by atoms with Crippen LogP contribution in [0.5, 0.6) is 11.6 Å². The van der Waals surface area contributed by atoms with E-state index in [0.29, 0.717) is 29.7 Å². The average molecular weight is 737 g/mol. The molecule has 0 spiro atoms. The molecule has 1 heterocycles. The van der Waals surface area contributed by atoms with Gasteiger partial charge in [0.2, 0.25) is 5.78 Å². The maximum Gasteiger partial charge on any atom is 0.265 e. The number of ether oxygens (including phenoxy) is 2. The number of ketones is 2. The lowest BCUT2D eigenvalue weighted by Gasteiger charge is -2.53. The second kappa shape index (κ2) is 12.8. The van der Waals surface area contributed by atoms with Gasteiger partial charge in [0.15, 0.2) is 25.5 Å². The van der Waals surface area contributed by atoms with Gasteiger partial charge in [0, 0.05) is 22.6 Å². The van der Waals surface area contributed by atoms with Crippen LogP contribution in [0.15, 0.2) is 76.5 Å². The summed E-state index contributed by atoms with van der Waals surface area (Å²) >= 11 is 0. The molecular formula is C42H45FN2O7Si. The predicted molar refractivity (Wildman–Crippen MR) is 198 cm³/mol. The van der Waals surface area contributed by atoms with Crippen molar-refractivity contribution >= 4 is 19.9 Å². The third-order valence-electron chi connectivity index (χ3n) is 12.2. The topological polar surface area (TPSA) is 134 Å². The van der Waals surface area contributed by atoms with E-state index in [0.717, 1.165) is 17.5 Å². The monoisotopic (exact) mass is 736 g/mol. The minimum absolute atomic E-state index is 0.00611. The van der Waals surface area contributed by atoms with Crippen molar-refractivity contribution in [3.8, 4) is 11.6 Å². The Balaban J connectivity index is 1.29. The van der Waals surface area contributed by atoms with E-state index in [1.807, 2.05) is 94.5 Å². The third-order valence-corrected chi connectivity index (χ3v) is 16.6. The van der Waals surface area contributed by atoms with Crippen molar-refractivity contribution < 1.29 is 37.5 Å². The van der Waals surface area contributed by atoms with Crippen LogP contribution in [0.25, 0.3) is 0 Å². The third kappa shape index (κ3) is 5.49. The van der Waals surface area contributed by atoms with E-state index in [4.69, 9.17) is 24.2 Å². The van der Waals surface area contributed by atoms with Crippen molar-refractivity contribution in [1.82, 2.24) is 5.16 Å². The zero-order valence-corrected chi connectivity index (χ0v) is 31.8. The number of Topliss-reactive ketones (excluding diaryl/α,β-unsaturated/α-hetero) is 2. The first-order chi connectivity index (χ1) is 25.2. The molecule has 0 fully saturated rings. The molecule has 0 radical (unpaired) electrons. The van der Waals surface area contributed by atoms with Crippen molar-refractivity contribution in [2.45, 2.75) is 95.9 Å². The van der Waals surface area contributed by atoms with E-state index in [2.05, 4.69) is 5.16 Å². The molecule has 0 bridgehead atoms. The highest BCUT2D eigenvalue weighted by molar-refractivity contribution is 6.74. The van der Waals surface area contributed by atoms with E-state index in [-0.39, 0.29) is 65.8 Å². The number of carbonyl (C=O) groups excluding carboxylic acids is 2. The molecule has 0 saturated carbocycles. The van der Waals surface area contributed by atoms with Crippen LogP contribution in [0.1, 0.15) is 93.9 Å². The fraction of sp³-hybridized carbons (Fsp3) is 0.405. The van der Waals surface area contributed by atoms with Gasteiger partial charge in [0.25, 0.3) is 5.88 Å². The van der Waals surface area contributed by atoms with Crippen LogP contribution in [0, 0.1) is 17.7 Å². The number of aromatic nitrogens is 1. The Morgan fingerprint density at radius 2 is 1.57 bits per heavy atom. The molecule has 1 aromatic heterocycles. The number of nitrogens with zero attached hydrogens (tertiary/aromatic N) is 1. The number of carbonyl (C=O) groups is 2. The number of rotatable bonds is 8. The fourth-order valence-electron chi connectivity index (χ4n) is 8.47. The van der Waals surface area contributed by atoms with Crippen molar-refractivity contribution in [2.75, 3.05) is 0 Å². The average Bonchev–Trinajstić information content (AvgIpc) is 3.80. The summed E-state index contributed by atoms with van der Waals surface area (Å²) in [5.74, 6) is -3.08. The SMILES string of the molecule is CC(C)(C)[Si](C)(C)O[C@@]12C(=O)c3c(OCc4ccccc4)noc3[C@@H](N)[C@@H]1C[C@@H]1Cc3c(F)c4c(c(OCc5ccccc5)c3C(=O)C1=C2O)CCC4. The molecule has 11 heteroatoms. The molecular weight excluding hydrogens is 692 g/mol. The number of hydrogen-bond acceptors (Lipinski definition) is 9. The van der Waals surface area contributed by atoms with Gasteiger partial charge < -0.3 is 29.3 Å². The van der Waals surface area contributed by atoms with E-state index in [9.17, 15) is 5.11 Å². The van der Waals surface area contributed by atoms with Gasteiger partial charge in [-0.1, -0.05) is 81.4 Å². The molecule has 0 aliphatic heterocycles. The Hall–Kier alpha value is -4.58. The Bertz CT molecular complexity index is 2160. The summed E-state index contributed by atoms with van der Waals surface area (Å²) < 4.78 is 41.9. The minimum atomic E-state index is -2.90. The molecule has 4 aliphatic carbocycles. The summed E-state index contributed by atoms with van der Waals surface area (Å²) in [4.78, 5) is 30.3. The molecule has 3 N–H and O–H groups in total. The Labute approximate surface area is 309 Å². The highest BCUT2D eigenvalue weighted by atomic mass is 28.4. The van der Waals surface area contributed by atoms with Gasteiger partial charge in [-0.3, -0.25) is 9.59 Å². The van der Waals surface area contributed by atoms with Crippen molar-refractivity contribution in [1.29, 1.82) is 0 Å². The van der Waals surface area contributed by atoms with Crippen LogP contribution in [-0.2, 0) is 36.9 Å². The van der Waals surface area contributed by atoms with Gasteiger partial charge in [0.1, 0.15) is 36.1 Å². The van der Waals surface area contributed by atoms with Gasteiger partial charge in [-0.2, -0.15) is 0 Å². The summed E-state index contributed by atoms with van der Waals surface area (Å²) in [7, 11) is -2.90. The van der Waals surface area contributed by atoms with E-state index < -0.39 is 54.2 Å². The molecule has 0 unspecified atom stereocenters. The molecule has 276 valence electrons. The molecule has 0 saturated heterocycles. The molecule has 0 amide bonds. The maximum atomic E-state index is 16.5. The Morgan fingerprint density at radius 1 is 0.943 bits per heavy atom. The Morgan fingerprint density at radius 3 is 2.21 bits per heavy atom. The summed E-state index contributed by atoms with van der Waals surface area (Å²) in [6.45, 7) is 10.4. The van der Waals surface area contributed by atoms with Gasteiger partial charge in [0.05, 0.1) is 11.6 Å². The molecule has 8 rings (SSSR count). The molecule has 4 atom stereocenters. The van der Waals surface area contributed by atoms with Crippen LogP contribution >= 0.6 is 0 Å². The number of nitrogens with two attached hydrogens (primary N) is 1. The molecule has 4 aromatic rings. The quantitative estimate of drug-likeness (QED) is 0.171. The van der Waals surface area contributed by atoms with Gasteiger partial charge in [-0.05, 0) is 78.0 Å². The number of aliphatic hydroxyl groups is 1. The number of aliphatic hydroxyl groups excluding tert-OH is 1. The second-order valence-electron chi connectivity index (χ2n) is 16.4. The first-order valence-electron chi connectivity index (χ1n) is 18.4. The smallest absolute Gasteiger partial charge is 0.265 e. The molecule has 53 heavy (non-hydrogen) atoms. The normalized spacial score (nSPS) is 23.6. The van der Waals surface area contributed by atoms with Crippen LogP contribution in [0.4, 0.5) is 4.39 Å². The molecule has 3 aromatic carbocycles. The number of fused-ring (bicyclic) bond motifs is 5. The molecule has 9 nitrogen and oxygen atoms in total. The molecule has 4 aliphatic rings. The first-order valence-corrected chi connectivity index (χ1v) is 21.3. The van der Waals surface area contributed by atoms with Crippen LogP contribution in [-0.4, -0.2) is 35.7 Å². The summed E-state index contributed by atoms with van der Waals surface area (Å²) in [5.41, 5.74) is 8.44. The summed E-state index contributed by atoms with van der Waals surface area (Å²) in [6.07, 6.45) is 2.16. The lowest BCUT2D eigenvalue weighted by atomic mass is 9.59. The maximum absolute atomic E-state index is 16.5. The zero-order chi connectivity index (χ0) is 37.4. The first kappa shape index (κ1) is 35.4.